The maximum absolute atomic E-state index is 4.70. The van der Waals surface area contributed by atoms with E-state index in [0.717, 1.165) is 31.2 Å². The highest BCUT2D eigenvalue weighted by Gasteiger charge is 2.09. The Morgan fingerprint density at radius 2 is 2.18 bits per heavy atom. The summed E-state index contributed by atoms with van der Waals surface area (Å²) in [6.45, 7) is 6.26. The summed E-state index contributed by atoms with van der Waals surface area (Å²) < 4.78 is 1.79. The van der Waals surface area contributed by atoms with Crippen LogP contribution in [0, 0.1) is 0 Å². The van der Waals surface area contributed by atoms with Gasteiger partial charge in [-0.2, -0.15) is 5.10 Å². The third kappa shape index (κ3) is 2.64. The molecule has 0 N–H and O–H groups in total. The molecule has 0 unspecified atom stereocenters. The zero-order valence-corrected chi connectivity index (χ0v) is 10.4. The highest BCUT2D eigenvalue weighted by atomic mass is 15.3. The molecule has 0 bridgehead atoms. The Morgan fingerprint density at radius 3 is 2.82 bits per heavy atom. The first-order valence-electron chi connectivity index (χ1n) is 6.04. The molecule has 0 amide bonds. The lowest BCUT2D eigenvalue weighted by atomic mass is 10.3. The summed E-state index contributed by atoms with van der Waals surface area (Å²) in [5, 5.41) is 4.22. The van der Waals surface area contributed by atoms with Gasteiger partial charge in [-0.15, -0.1) is 0 Å². The molecule has 0 fully saturated rings. The molecular formula is C13H18N4. The van der Waals surface area contributed by atoms with Crippen molar-refractivity contribution in [1.82, 2.24) is 14.7 Å². The molecule has 1 aliphatic rings. The number of nitrogens with zero attached hydrogens (tertiary/aromatic N) is 4. The molecule has 4 nitrogen and oxygen atoms in total. The number of aliphatic imine (C=N–C) groups is 1. The van der Waals surface area contributed by atoms with Gasteiger partial charge in [0.2, 0.25) is 0 Å². The minimum absolute atomic E-state index is 0.866. The molecule has 90 valence electrons. The molecule has 1 aromatic heterocycles. The normalized spacial score (nSPS) is 15.2. The Morgan fingerprint density at radius 1 is 1.35 bits per heavy atom. The molecule has 1 aliphatic heterocycles. The van der Waals surface area contributed by atoms with Crippen molar-refractivity contribution in [2.45, 2.75) is 20.3 Å². The summed E-state index contributed by atoms with van der Waals surface area (Å²) in [6.07, 6.45) is 10.7. The number of hydrogen-bond acceptors (Lipinski definition) is 3. The average Bonchev–Trinajstić information content (AvgIpc) is 2.77. The highest BCUT2D eigenvalue weighted by Crippen LogP contribution is 2.12. The van der Waals surface area contributed by atoms with Crippen molar-refractivity contribution in [3.8, 4) is 0 Å². The van der Waals surface area contributed by atoms with Gasteiger partial charge in [0.1, 0.15) is 5.84 Å². The van der Waals surface area contributed by atoms with Gasteiger partial charge in [0.25, 0.3) is 0 Å². The SMILES string of the molecule is CCN(CC)C1=NC(n2cccn2)=CC=CC1. The van der Waals surface area contributed by atoms with Gasteiger partial charge < -0.3 is 4.90 Å². The van der Waals surface area contributed by atoms with Crippen LogP contribution in [-0.4, -0.2) is 33.6 Å². The molecule has 2 rings (SSSR count). The quantitative estimate of drug-likeness (QED) is 0.798. The Labute approximate surface area is 102 Å². The van der Waals surface area contributed by atoms with Crippen LogP contribution in [0.2, 0.25) is 0 Å². The fraction of sp³-hybridized carbons (Fsp3) is 0.385. The van der Waals surface area contributed by atoms with Crippen LogP contribution in [0.5, 0.6) is 0 Å². The molecule has 0 radical (unpaired) electrons. The summed E-state index contributed by atoms with van der Waals surface area (Å²) >= 11 is 0. The fourth-order valence-electron chi connectivity index (χ4n) is 1.86. The zero-order chi connectivity index (χ0) is 12.1. The van der Waals surface area contributed by atoms with Gasteiger partial charge in [-0.25, -0.2) is 9.67 Å². The van der Waals surface area contributed by atoms with Gasteiger partial charge in [-0.3, -0.25) is 0 Å². The third-order valence-corrected chi connectivity index (χ3v) is 2.79. The van der Waals surface area contributed by atoms with Crippen molar-refractivity contribution in [2.24, 2.45) is 4.99 Å². The largest absolute Gasteiger partial charge is 0.360 e. The lowest BCUT2D eigenvalue weighted by Gasteiger charge is -2.22. The summed E-state index contributed by atoms with van der Waals surface area (Å²) in [5.74, 6) is 1.97. The molecule has 0 saturated carbocycles. The van der Waals surface area contributed by atoms with Crippen LogP contribution in [0.25, 0.3) is 5.82 Å². The van der Waals surface area contributed by atoms with E-state index < -0.39 is 0 Å². The minimum atomic E-state index is 0.866. The second-order valence-corrected chi connectivity index (χ2v) is 3.81. The van der Waals surface area contributed by atoms with E-state index in [0.29, 0.717) is 0 Å². The molecule has 0 spiro atoms. The van der Waals surface area contributed by atoms with Crippen molar-refractivity contribution in [3.63, 3.8) is 0 Å². The molecule has 4 heteroatoms. The first kappa shape index (κ1) is 11.6. The van der Waals surface area contributed by atoms with Crippen LogP contribution in [-0.2, 0) is 0 Å². The Hall–Kier alpha value is -1.84. The van der Waals surface area contributed by atoms with E-state index in [-0.39, 0.29) is 0 Å². The third-order valence-electron chi connectivity index (χ3n) is 2.79. The maximum atomic E-state index is 4.70. The van der Waals surface area contributed by atoms with Gasteiger partial charge >= 0.3 is 0 Å². The van der Waals surface area contributed by atoms with Gasteiger partial charge in [0.05, 0.1) is 0 Å². The molecule has 17 heavy (non-hydrogen) atoms. The monoisotopic (exact) mass is 230 g/mol. The second-order valence-electron chi connectivity index (χ2n) is 3.81. The molecule has 0 aliphatic carbocycles. The second kappa shape index (κ2) is 5.48. The van der Waals surface area contributed by atoms with Crippen molar-refractivity contribution in [3.05, 3.63) is 36.7 Å². The van der Waals surface area contributed by atoms with Gasteiger partial charge in [0, 0.05) is 31.9 Å². The summed E-state index contributed by atoms with van der Waals surface area (Å²) in [6, 6.07) is 1.90. The predicted octanol–water partition coefficient (Wildman–Crippen LogP) is 2.38. The van der Waals surface area contributed by atoms with Crippen molar-refractivity contribution >= 4 is 11.7 Å². The number of allylic oxidation sites excluding steroid dienone is 2. The smallest absolute Gasteiger partial charge is 0.155 e. The Bertz CT molecular complexity index is 436. The predicted molar refractivity (Wildman–Crippen MR) is 70.6 cm³/mol. The van der Waals surface area contributed by atoms with Crippen LogP contribution in [0.15, 0.2) is 41.7 Å². The molecule has 0 saturated heterocycles. The first-order chi connectivity index (χ1) is 8.35. The summed E-state index contributed by atoms with van der Waals surface area (Å²) in [5.41, 5.74) is 0. The molecule has 1 aromatic rings. The summed E-state index contributed by atoms with van der Waals surface area (Å²) in [7, 11) is 0. The first-order valence-corrected chi connectivity index (χ1v) is 6.04. The Kier molecular flexibility index (Phi) is 3.75. The number of aromatic nitrogens is 2. The number of amidine groups is 1. The fourth-order valence-corrected chi connectivity index (χ4v) is 1.86. The van der Waals surface area contributed by atoms with E-state index in [4.69, 9.17) is 4.99 Å². The molecular weight excluding hydrogens is 212 g/mol. The van der Waals surface area contributed by atoms with Crippen LogP contribution in [0.4, 0.5) is 0 Å². The van der Waals surface area contributed by atoms with Crippen LogP contribution < -0.4 is 0 Å². The van der Waals surface area contributed by atoms with E-state index in [2.05, 4.69) is 29.9 Å². The lowest BCUT2D eigenvalue weighted by Crippen LogP contribution is -2.30. The number of hydrogen-bond donors (Lipinski definition) is 0. The van der Waals surface area contributed by atoms with Gasteiger partial charge in [0.15, 0.2) is 5.82 Å². The van der Waals surface area contributed by atoms with E-state index in [1.54, 1.807) is 10.9 Å². The van der Waals surface area contributed by atoms with E-state index in [1.807, 2.05) is 24.4 Å². The van der Waals surface area contributed by atoms with Crippen molar-refractivity contribution < 1.29 is 0 Å². The zero-order valence-electron chi connectivity index (χ0n) is 10.4. The maximum Gasteiger partial charge on any atom is 0.155 e. The molecule has 0 atom stereocenters. The molecule has 0 aromatic carbocycles. The standard InChI is InChI=1S/C13H18N4/c1-3-16(4-2)12-8-5-6-9-13(15-12)17-11-7-10-14-17/h5-7,9-11H,3-4,8H2,1-2H3. The van der Waals surface area contributed by atoms with E-state index in [1.165, 1.54) is 0 Å². The van der Waals surface area contributed by atoms with Crippen LogP contribution in [0.3, 0.4) is 0 Å². The van der Waals surface area contributed by atoms with E-state index in [9.17, 15) is 0 Å². The van der Waals surface area contributed by atoms with E-state index >= 15 is 0 Å². The van der Waals surface area contributed by atoms with Gasteiger partial charge in [-0.05, 0) is 26.0 Å². The van der Waals surface area contributed by atoms with Crippen molar-refractivity contribution in [2.75, 3.05) is 13.1 Å². The average molecular weight is 230 g/mol. The topological polar surface area (TPSA) is 33.4 Å². The minimum Gasteiger partial charge on any atom is -0.360 e. The summed E-state index contributed by atoms with van der Waals surface area (Å²) in [4.78, 5) is 6.97. The Balaban J connectivity index is 2.30. The van der Waals surface area contributed by atoms with Crippen LogP contribution in [0.1, 0.15) is 20.3 Å². The number of rotatable bonds is 3. The lowest BCUT2D eigenvalue weighted by molar-refractivity contribution is 0.459. The van der Waals surface area contributed by atoms with Crippen LogP contribution >= 0.6 is 0 Å². The molecule has 2 heterocycles. The van der Waals surface area contributed by atoms with Crippen molar-refractivity contribution in [1.29, 1.82) is 0 Å². The van der Waals surface area contributed by atoms with Gasteiger partial charge in [-0.1, -0.05) is 12.2 Å². The highest BCUT2D eigenvalue weighted by molar-refractivity contribution is 5.88.